The lowest BCUT2D eigenvalue weighted by atomic mass is 10.0. The van der Waals surface area contributed by atoms with Gasteiger partial charge >= 0.3 is 0 Å². The van der Waals surface area contributed by atoms with Gasteiger partial charge in [0, 0.05) is 25.6 Å². The summed E-state index contributed by atoms with van der Waals surface area (Å²) in [4.78, 5) is 2.54. The van der Waals surface area contributed by atoms with Gasteiger partial charge in [-0.2, -0.15) is 0 Å². The molecule has 2 atom stereocenters. The number of para-hydroxylation sites is 1. The number of fused-ring (bicyclic) bond motifs is 1. The summed E-state index contributed by atoms with van der Waals surface area (Å²) in [5, 5.41) is 3.39. The number of nitrogens with one attached hydrogen (secondary N) is 1. The normalized spacial score (nSPS) is 27.8. The van der Waals surface area contributed by atoms with Crippen molar-refractivity contribution < 1.29 is 4.74 Å². The van der Waals surface area contributed by atoms with Crippen molar-refractivity contribution >= 4 is 0 Å². The van der Waals surface area contributed by atoms with Crippen molar-refractivity contribution in [2.45, 2.75) is 31.4 Å². The minimum Gasteiger partial charge on any atom is -0.488 e. The Kier molecular flexibility index (Phi) is 3.52. The molecule has 0 spiro atoms. The monoisotopic (exact) mass is 246 g/mol. The molecule has 0 saturated carbocycles. The Morgan fingerprint density at radius 3 is 3.11 bits per heavy atom. The number of nitrogens with zero attached hydrogens (tertiary/aromatic N) is 1. The molecule has 3 heteroatoms. The van der Waals surface area contributed by atoms with Gasteiger partial charge in [-0.05, 0) is 38.1 Å². The Balaban J connectivity index is 1.56. The fourth-order valence-corrected chi connectivity index (χ4v) is 3.10. The molecule has 0 amide bonds. The van der Waals surface area contributed by atoms with E-state index in [4.69, 9.17) is 4.74 Å². The van der Waals surface area contributed by atoms with Gasteiger partial charge in [0.25, 0.3) is 0 Å². The summed E-state index contributed by atoms with van der Waals surface area (Å²) in [6.45, 7) is 3.44. The second kappa shape index (κ2) is 5.29. The van der Waals surface area contributed by atoms with E-state index in [2.05, 4.69) is 41.5 Å². The van der Waals surface area contributed by atoms with Crippen molar-refractivity contribution in [2.24, 2.45) is 0 Å². The van der Waals surface area contributed by atoms with Crippen LogP contribution in [-0.2, 0) is 6.42 Å². The molecule has 2 aliphatic rings. The maximum absolute atomic E-state index is 6.02. The van der Waals surface area contributed by atoms with Gasteiger partial charge in [0.05, 0.1) is 0 Å². The number of likely N-dealkylation sites (tertiary alicyclic amines) is 1. The van der Waals surface area contributed by atoms with Crippen molar-refractivity contribution in [3.63, 3.8) is 0 Å². The third kappa shape index (κ3) is 2.52. The molecule has 0 radical (unpaired) electrons. The Labute approximate surface area is 109 Å². The highest BCUT2D eigenvalue weighted by atomic mass is 16.5. The van der Waals surface area contributed by atoms with E-state index < -0.39 is 0 Å². The predicted octanol–water partition coefficient (Wildman–Crippen LogP) is 1.67. The third-order valence-electron chi connectivity index (χ3n) is 4.09. The quantitative estimate of drug-likeness (QED) is 0.878. The minimum atomic E-state index is 0.345. The van der Waals surface area contributed by atoms with Crippen LogP contribution in [0.5, 0.6) is 5.75 Å². The van der Waals surface area contributed by atoms with Crippen LogP contribution in [-0.4, -0.2) is 43.7 Å². The number of likely N-dealkylation sites (N-methyl/N-ethyl adjacent to an activating group) is 1. The van der Waals surface area contributed by atoms with E-state index in [0.29, 0.717) is 12.1 Å². The lowest BCUT2D eigenvalue weighted by molar-refractivity contribution is 0.121. The fraction of sp³-hybridized carbons (Fsp3) is 0.600. The van der Waals surface area contributed by atoms with Crippen molar-refractivity contribution in [3.05, 3.63) is 29.8 Å². The van der Waals surface area contributed by atoms with Crippen LogP contribution in [0, 0.1) is 0 Å². The molecule has 3 rings (SSSR count). The van der Waals surface area contributed by atoms with E-state index >= 15 is 0 Å². The number of ether oxygens (including phenoxy) is 1. The van der Waals surface area contributed by atoms with Gasteiger partial charge in [-0.15, -0.1) is 0 Å². The molecule has 1 N–H and O–H groups in total. The molecular weight excluding hydrogens is 224 g/mol. The maximum atomic E-state index is 6.02. The number of piperidine rings is 1. The molecule has 2 aliphatic heterocycles. The Hall–Kier alpha value is -1.06. The van der Waals surface area contributed by atoms with Crippen LogP contribution in [0.1, 0.15) is 18.4 Å². The van der Waals surface area contributed by atoms with E-state index in [-0.39, 0.29) is 0 Å². The Morgan fingerprint density at radius 2 is 2.28 bits per heavy atom. The molecule has 2 unspecified atom stereocenters. The van der Waals surface area contributed by atoms with Crippen LogP contribution in [0.2, 0.25) is 0 Å². The Bertz CT molecular complexity index is 382. The molecule has 0 aliphatic carbocycles. The van der Waals surface area contributed by atoms with E-state index in [1.807, 2.05) is 0 Å². The topological polar surface area (TPSA) is 24.5 Å². The van der Waals surface area contributed by atoms with Gasteiger partial charge in [0.1, 0.15) is 11.9 Å². The first-order chi connectivity index (χ1) is 8.85. The first kappa shape index (κ1) is 12.0. The number of hydrogen-bond donors (Lipinski definition) is 1. The molecule has 0 aromatic heterocycles. The van der Waals surface area contributed by atoms with E-state index in [0.717, 1.165) is 25.3 Å². The molecular formula is C15H22N2O. The largest absolute Gasteiger partial charge is 0.488 e. The first-order valence-corrected chi connectivity index (χ1v) is 6.99. The average molecular weight is 246 g/mol. The maximum Gasteiger partial charge on any atom is 0.123 e. The average Bonchev–Trinajstić information content (AvgIpc) is 2.81. The third-order valence-corrected chi connectivity index (χ3v) is 4.09. The van der Waals surface area contributed by atoms with E-state index in [9.17, 15) is 0 Å². The lowest BCUT2D eigenvalue weighted by Crippen LogP contribution is -2.47. The Morgan fingerprint density at radius 1 is 1.39 bits per heavy atom. The van der Waals surface area contributed by atoms with Crippen LogP contribution in [0.4, 0.5) is 0 Å². The van der Waals surface area contributed by atoms with Crippen molar-refractivity contribution in [3.8, 4) is 5.75 Å². The molecule has 98 valence electrons. The summed E-state index contributed by atoms with van der Waals surface area (Å²) in [5.41, 5.74) is 1.37. The molecule has 2 heterocycles. The molecule has 3 nitrogen and oxygen atoms in total. The van der Waals surface area contributed by atoms with Gasteiger partial charge in [-0.1, -0.05) is 18.2 Å². The van der Waals surface area contributed by atoms with Crippen LogP contribution < -0.4 is 10.1 Å². The molecule has 1 aromatic rings. The molecule has 0 bridgehead atoms. The second-order valence-corrected chi connectivity index (χ2v) is 5.44. The van der Waals surface area contributed by atoms with Crippen LogP contribution in [0.3, 0.4) is 0 Å². The highest BCUT2D eigenvalue weighted by molar-refractivity contribution is 5.37. The summed E-state index contributed by atoms with van der Waals surface area (Å²) >= 11 is 0. The summed E-state index contributed by atoms with van der Waals surface area (Å²) < 4.78 is 6.02. The summed E-state index contributed by atoms with van der Waals surface area (Å²) in [7, 11) is 2.07. The van der Waals surface area contributed by atoms with Crippen molar-refractivity contribution in [1.82, 2.24) is 10.2 Å². The SMILES string of the molecule is CNC1CCCN(CC2Cc3ccccc3O2)C1. The van der Waals surface area contributed by atoms with Crippen LogP contribution in [0.15, 0.2) is 24.3 Å². The zero-order chi connectivity index (χ0) is 12.4. The van der Waals surface area contributed by atoms with Crippen LogP contribution >= 0.6 is 0 Å². The summed E-state index contributed by atoms with van der Waals surface area (Å²) in [5.74, 6) is 1.09. The van der Waals surface area contributed by atoms with Crippen molar-refractivity contribution in [2.75, 3.05) is 26.7 Å². The molecule has 18 heavy (non-hydrogen) atoms. The standard InChI is InChI=1S/C15H22N2O/c1-16-13-6-4-8-17(10-13)11-14-9-12-5-2-3-7-15(12)18-14/h2-3,5,7,13-14,16H,4,6,8-11H2,1H3. The van der Waals surface area contributed by atoms with Crippen molar-refractivity contribution in [1.29, 1.82) is 0 Å². The second-order valence-electron chi connectivity index (χ2n) is 5.44. The highest BCUT2D eigenvalue weighted by Crippen LogP contribution is 2.28. The zero-order valence-electron chi connectivity index (χ0n) is 11.1. The summed E-state index contributed by atoms with van der Waals surface area (Å²) in [6.07, 6.45) is 4.01. The first-order valence-electron chi connectivity index (χ1n) is 6.99. The van der Waals surface area contributed by atoms with Gasteiger partial charge in [-0.25, -0.2) is 0 Å². The van der Waals surface area contributed by atoms with Gasteiger partial charge in [0.15, 0.2) is 0 Å². The highest BCUT2D eigenvalue weighted by Gasteiger charge is 2.26. The smallest absolute Gasteiger partial charge is 0.123 e. The number of hydrogen-bond acceptors (Lipinski definition) is 3. The summed E-state index contributed by atoms with van der Waals surface area (Å²) in [6, 6.07) is 9.08. The minimum absolute atomic E-state index is 0.345. The molecule has 1 fully saturated rings. The van der Waals surface area contributed by atoms with Gasteiger partial charge in [-0.3, -0.25) is 4.90 Å². The van der Waals surface area contributed by atoms with Crippen LogP contribution in [0.25, 0.3) is 0 Å². The predicted molar refractivity (Wildman–Crippen MR) is 73.1 cm³/mol. The van der Waals surface area contributed by atoms with E-state index in [1.54, 1.807) is 0 Å². The number of rotatable bonds is 3. The number of benzene rings is 1. The van der Waals surface area contributed by atoms with E-state index in [1.165, 1.54) is 24.9 Å². The van der Waals surface area contributed by atoms with Gasteiger partial charge < -0.3 is 10.1 Å². The molecule has 1 saturated heterocycles. The zero-order valence-corrected chi connectivity index (χ0v) is 11.1. The fourth-order valence-electron chi connectivity index (χ4n) is 3.10. The lowest BCUT2D eigenvalue weighted by Gasteiger charge is -2.33. The molecule has 1 aromatic carbocycles. The van der Waals surface area contributed by atoms with Gasteiger partial charge in [0.2, 0.25) is 0 Å².